The second-order valence-electron chi connectivity index (χ2n) is 4.74. The highest BCUT2D eigenvalue weighted by Crippen LogP contribution is 2.17. The molecule has 0 aliphatic heterocycles. The highest BCUT2D eigenvalue weighted by Gasteiger charge is 2.07. The van der Waals surface area contributed by atoms with E-state index in [0.717, 1.165) is 16.1 Å². The minimum atomic E-state index is -0.158. The van der Waals surface area contributed by atoms with Crippen LogP contribution < -0.4 is 5.32 Å². The lowest BCUT2D eigenvalue weighted by atomic mass is 10.1. The van der Waals surface area contributed by atoms with Crippen molar-refractivity contribution in [3.63, 3.8) is 0 Å². The van der Waals surface area contributed by atoms with Crippen LogP contribution in [0.3, 0.4) is 0 Å². The molecule has 1 nitrogen and oxygen atoms in total. The van der Waals surface area contributed by atoms with Crippen molar-refractivity contribution in [1.29, 1.82) is 0 Å². The maximum atomic E-state index is 13.5. The lowest BCUT2D eigenvalue weighted by molar-refractivity contribution is 0.563. The standard InChI is InChI=1S/C16H17ClFN/c1-11-6-7-14(9-16(11)18)12(2)19-10-13-4-3-5-15(17)8-13/h3-9,12,19H,10H2,1-2H3. The van der Waals surface area contributed by atoms with Crippen molar-refractivity contribution in [1.82, 2.24) is 5.32 Å². The monoisotopic (exact) mass is 277 g/mol. The van der Waals surface area contributed by atoms with E-state index in [2.05, 4.69) is 5.32 Å². The van der Waals surface area contributed by atoms with Crippen LogP contribution in [0, 0.1) is 12.7 Å². The molecule has 3 heteroatoms. The lowest BCUT2D eigenvalue weighted by Crippen LogP contribution is -2.18. The molecule has 19 heavy (non-hydrogen) atoms. The van der Waals surface area contributed by atoms with Crippen molar-refractivity contribution in [3.05, 3.63) is 70.0 Å². The first-order chi connectivity index (χ1) is 9.06. The Labute approximate surface area is 118 Å². The fourth-order valence-corrected chi connectivity index (χ4v) is 2.13. The van der Waals surface area contributed by atoms with Gasteiger partial charge in [-0.3, -0.25) is 0 Å². The first-order valence-corrected chi connectivity index (χ1v) is 6.68. The number of aryl methyl sites for hydroxylation is 1. The molecule has 0 aliphatic carbocycles. The zero-order chi connectivity index (χ0) is 13.8. The van der Waals surface area contributed by atoms with Gasteiger partial charge in [0, 0.05) is 17.6 Å². The van der Waals surface area contributed by atoms with Gasteiger partial charge in [0.2, 0.25) is 0 Å². The normalized spacial score (nSPS) is 12.4. The van der Waals surface area contributed by atoms with E-state index in [4.69, 9.17) is 11.6 Å². The van der Waals surface area contributed by atoms with E-state index < -0.39 is 0 Å². The SMILES string of the molecule is Cc1ccc(C(C)NCc2cccc(Cl)c2)cc1F. The highest BCUT2D eigenvalue weighted by molar-refractivity contribution is 6.30. The van der Waals surface area contributed by atoms with Crippen LogP contribution in [-0.4, -0.2) is 0 Å². The quantitative estimate of drug-likeness (QED) is 0.858. The minimum Gasteiger partial charge on any atom is -0.306 e. The van der Waals surface area contributed by atoms with Gasteiger partial charge in [-0.1, -0.05) is 35.9 Å². The second-order valence-corrected chi connectivity index (χ2v) is 5.18. The molecule has 0 radical (unpaired) electrons. The van der Waals surface area contributed by atoms with Crippen molar-refractivity contribution in [2.24, 2.45) is 0 Å². The Hall–Kier alpha value is -1.38. The van der Waals surface area contributed by atoms with Crippen molar-refractivity contribution in [2.75, 3.05) is 0 Å². The molecule has 100 valence electrons. The molecular weight excluding hydrogens is 261 g/mol. The molecule has 0 saturated heterocycles. The van der Waals surface area contributed by atoms with Crippen molar-refractivity contribution in [3.8, 4) is 0 Å². The molecule has 0 saturated carbocycles. The Kier molecular flexibility index (Phi) is 4.56. The molecule has 2 rings (SSSR count). The van der Waals surface area contributed by atoms with Crippen LogP contribution in [0.4, 0.5) is 4.39 Å². The van der Waals surface area contributed by atoms with Crippen LogP contribution in [0.15, 0.2) is 42.5 Å². The van der Waals surface area contributed by atoms with Gasteiger partial charge in [0.15, 0.2) is 0 Å². The Morgan fingerprint density at radius 1 is 1.21 bits per heavy atom. The van der Waals surface area contributed by atoms with Crippen molar-refractivity contribution in [2.45, 2.75) is 26.4 Å². The summed E-state index contributed by atoms with van der Waals surface area (Å²) in [7, 11) is 0. The van der Waals surface area contributed by atoms with E-state index in [1.165, 1.54) is 0 Å². The van der Waals surface area contributed by atoms with Crippen LogP contribution in [0.2, 0.25) is 5.02 Å². The molecule has 0 amide bonds. The molecule has 0 bridgehead atoms. The fourth-order valence-electron chi connectivity index (χ4n) is 1.91. The van der Waals surface area contributed by atoms with Crippen molar-refractivity contribution >= 4 is 11.6 Å². The first-order valence-electron chi connectivity index (χ1n) is 6.30. The Morgan fingerprint density at radius 2 is 2.00 bits per heavy atom. The van der Waals surface area contributed by atoms with Gasteiger partial charge in [-0.05, 0) is 48.7 Å². The third-order valence-corrected chi connectivity index (χ3v) is 3.43. The van der Waals surface area contributed by atoms with Gasteiger partial charge in [0.1, 0.15) is 5.82 Å². The van der Waals surface area contributed by atoms with E-state index in [-0.39, 0.29) is 11.9 Å². The first kappa shape index (κ1) is 14.0. The molecular formula is C16H17ClFN. The highest BCUT2D eigenvalue weighted by atomic mass is 35.5. The largest absolute Gasteiger partial charge is 0.306 e. The molecule has 0 heterocycles. The van der Waals surface area contributed by atoms with Gasteiger partial charge < -0.3 is 5.32 Å². The smallest absolute Gasteiger partial charge is 0.126 e. The van der Waals surface area contributed by atoms with E-state index in [1.807, 2.05) is 43.3 Å². The fraction of sp³-hybridized carbons (Fsp3) is 0.250. The molecule has 2 aromatic carbocycles. The Morgan fingerprint density at radius 3 is 2.68 bits per heavy atom. The van der Waals surface area contributed by atoms with Crippen LogP contribution >= 0.6 is 11.6 Å². The predicted molar refractivity (Wildman–Crippen MR) is 77.8 cm³/mol. The summed E-state index contributed by atoms with van der Waals surface area (Å²) in [6, 6.07) is 13.2. The second kappa shape index (κ2) is 6.18. The summed E-state index contributed by atoms with van der Waals surface area (Å²) in [4.78, 5) is 0. The molecule has 0 fully saturated rings. The van der Waals surface area contributed by atoms with Gasteiger partial charge in [0.05, 0.1) is 0 Å². The number of nitrogens with one attached hydrogen (secondary N) is 1. The maximum absolute atomic E-state index is 13.5. The molecule has 1 atom stereocenters. The van der Waals surface area contributed by atoms with Crippen LogP contribution in [0.5, 0.6) is 0 Å². The molecule has 2 aromatic rings. The molecule has 0 aromatic heterocycles. The van der Waals surface area contributed by atoms with E-state index >= 15 is 0 Å². The predicted octanol–water partition coefficient (Wildman–Crippen LogP) is 4.64. The number of halogens is 2. The molecule has 1 N–H and O–H groups in total. The van der Waals surface area contributed by atoms with E-state index in [1.54, 1.807) is 13.0 Å². The van der Waals surface area contributed by atoms with Crippen molar-refractivity contribution < 1.29 is 4.39 Å². The van der Waals surface area contributed by atoms with Gasteiger partial charge in [-0.2, -0.15) is 0 Å². The summed E-state index contributed by atoms with van der Waals surface area (Å²) >= 11 is 5.94. The Balaban J connectivity index is 2.01. The summed E-state index contributed by atoms with van der Waals surface area (Å²) in [5, 5.41) is 4.09. The topological polar surface area (TPSA) is 12.0 Å². The zero-order valence-electron chi connectivity index (χ0n) is 11.1. The van der Waals surface area contributed by atoms with Gasteiger partial charge >= 0.3 is 0 Å². The van der Waals surface area contributed by atoms with E-state index in [0.29, 0.717) is 12.1 Å². The maximum Gasteiger partial charge on any atom is 0.126 e. The van der Waals surface area contributed by atoms with Gasteiger partial charge in [-0.25, -0.2) is 4.39 Å². The van der Waals surface area contributed by atoms with Crippen LogP contribution in [-0.2, 0) is 6.54 Å². The lowest BCUT2D eigenvalue weighted by Gasteiger charge is -2.15. The average molecular weight is 278 g/mol. The van der Waals surface area contributed by atoms with E-state index in [9.17, 15) is 4.39 Å². The minimum absolute atomic E-state index is 0.0917. The van der Waals surface area contributed by atoms with Gasteiger partial charge in [-0.15, -0.1) is 0 Å². The summed E-state index contributed by atoms with van der Waals surface area (Å²) in [5.41, 5.74) is 2.74. The third-order valence-electron chi connectivity index (χ3n) is 3.20. The van der Waals surface area contributed by atoms with Crippen LogP contribution in [0.1, 0.15) is 29.7 Å². The molecule has 0 aliphatic rings. The number of benzene rings is 2. The van der Waals surface area contributed by atoms with Gasteiger partial charge in [0.25, 0.3) is 0 Å². The third kappa shape index (κ3) is 3.79. The summed E-state index contributed by atoms with van der Waals surface area (Å²) in [6.07, 6.45) is 0. The Bertz CT molecular complexity index is 568. The number of hydrogen-bond acceptors (Lipinski definition) is 1. The van der Waals surface area contributed by atoms with Crippen LogP contribution in [0.25, 0.3) is 0 Å². The summed E-state index contributed by atoms with van der Waals surface area (Å²) in [6.45, 7) is 4.50. The number of hydrogen-bond donors (Lipinski definition) is 1. The number of rotatable bonds is 4. The average Bonchev–Trinajstić information content (AvgIpc) is 2.39. The summed E-state index contributed by atoms with van der Waals surface area (Å²) < 4.78 is 13.5. The molecule has 1 unspecified atom stereocenters. The summed E-state index contributed by atoms with van der Waals surface area (Å²) in [5.74, 6) is -0.158. The molecule has 0 spiro atoms. The zero-order valence-corrected chi connectivity index (χ0v) is 11.8.